The van der Waals surface area contributed by atoms with Crippen LogP contribution in [0, 0.1) is 5.92 Å². The van der Waals surface area contributed by atoms with Gasteiger partial charge in [0.05, 0.1) is 12.2 Å². The number of hydrogen-bond donors (Lipinski definition) is 2. The van der Waals surface area contributed by atoms with Gasteiger partial charge in [0.2, 0.25) is 0 Å². The van der Waals surface area contributed by atoms with Crippen molar-refractivity contribution in [1.29, 1.82) is 0 Å². The summed E-state index contributed by atoms with van der Waals surface area (Å²) in [4.78, 5) is 40.8. The minimum atomic E-state index is -0.692. The van der Waals surface area contributed by atoms with Crippen LogP contribution in [0.4, 0.5) is 11.5 Å². The zero-order valence-electron chi connectivity index (χ0n) is 14.4. The highest BCUT2D eigenvalue weighted by Crippen LogP contribution is 2.20. The van der Waals surface area contributed by atoms with Gasteiger partial charge in [-0.3, -0.25) is 24.0 Å². The molecule has 0 aliphatic rings. The fourth-order valence-corrected chi connectivity index (χ4v) is 3.05. The summed E-state index contributed by atoms with van der Waals surface area (Å²) in [7, 11) is 1.50. The Bertz CT molecular complexity index is 839. The highest BCUT2D eigenvalue weighted by molar-refractivity contribution is 7.08. The Morgan fingerprint density at radius 1 is 1.44 bits per heavy atom. The van der Waals surface area contributed by atoms with Crippen LogP contribution in [-0.2, 0) is 11.3 Å². The summed E-state index contributed by atoms with van der Waals surface area (Å²) >= 11 is 1.38. The number of nitrogens with two attached hydrogens (primary N) is 1. The van der Waals surface area contributed by atoms with Crippen LogP contribution < -0.4 is 21.9 Å². The average Bonchev–Trinajstić information content (AvgIpc) is 3.08. The summed E-state index contributed by atoms with van der Waals surface area (Å²) in [6.45, 7) is 4.54. The summed E-state index contributed by atoms with van der Waals surface area (Å²) in [6.07, 6.45) is 0. The van der Waals surface area contributed by atoms with E-state index in [0.29, 0.717) is 12.1 Å². The van der Waals surface area contributed by atoms with Crippen LogP contribution in [0.5, 0.6) is 0 Å². The minimum Gasteiger partial charge on any atom is -0.383 e. The molecule has 0 aliphatic heterocycles. The lowest BCUT2D eigenvalue weighted by Crippen LogP contribution is -2.42. The van der Waals surface area contributed by atoms with Crippen LogP contribution in [0.1, 0.15) is 24.2 Å². The first-order valence-corrected chi connectivity index (χ1v) is 8.76. The average molecular weight is 366 g/mol. The summed E-state index contributed by atoms with van der Waals surface area (Å²) in [5.74, 6) is -0.258. The molecule has 8 nitrogen and oxygen atoms in total. The van der Waals surface area contributed by atoms with E-state index < -0.39 is 11.2 Å². The fourth-order valence-electron chi connectivity index (χ4n) is 2.42. The van der Waals surface area contributed by atoms with Gasteiger partial charge >= 0.3 is 5.69 Å². The fraction of sp³-hybridized carbons (Fsp3) is 0.438. The second-order valence-electron chi connectivity index (χ2n) is 5.96. The number of amides is 1. The van der Waals surface area contributed by atoms with E-state index in [-0.39, 0.29) is 36.5 Å². The lowest BCUT2D eigenvalue weighted by Gasteiger charge is -2.24. The molecule has 0 saturated carbocycles. The van der Waals surface area contributed by atoms with Crippen LogP contribution in [0.25, 0.3) is 0 Å². The van der Waals surface area contributed by atoms with Gasteiger partial charge in [-0.05, 0) is 17.4 Å². The highest BCUT2D eigenvalue weighted by atomic mass is 32.1. The first-order valence-electron chi connectivity index (χ1n) is 7.82. The van der Waals surface area contributed by atoms with Crippen molar-refractivity contribution in [3.05, 3.63) is 43.2 Å². The zero-order chi connectivity index (χ0) is 18.6. The van der Waals surface area contributed by atoms with Crippen LogP contribution in [0.3, 0.4) is 0 Å². The van der Waals surface area contributed by atoms with Gasteiger partial charge in [0, 0.05) is 25.6 Å². The van der Waals surface area contributed by atoms with E-state index in [4.69, 9.17) is 10.5 Å². The smallest absolute Gasteiger partial charge is 0.330 e. The Hall–Kier alpha value is -2.39. The Kier molecular flexibility index (Phi) is 6.16. The van der Waals surface area contributed by atoms with Crippen molar-refractivity contribution in [2.75, 3.05) is 30.9 Å². The molecule has 2 aromatic rings. The number of ether oxygens (including phenoxy) is 1. The summed E-state index contributed by atoms with van der Waals surface area (Å²) in [6, 6.07) is 1.67. The Morgan fingerprint density at radius 2 is 2.16 bits per heavy atom. The zero-order valence-corrected chi connectivity index (χ0v) is 15.3. The van der Waals surface area contributed by atoms with Gasteiger partial charge in [-0.2, -0.15) is 11.3 Å². The summed E-state index contributed by atoms with van der Waals surface area (Å²) in [5, 5.41) is 3.46. The van der Waals surface area contributed by atoms with Crippen LogP contribution in [0.2, 0.25) is 0 Å². The molecule has 0 fully saturated rings. The predicted octanol–water partition coefficient (Wildman–Crippen LogP) is 1.13. The molecule has 25 heavy (non-hydrogen) atoms. The molecular weight excluding hydrogens is 344 g/mol. The number of carbonyl (C=O) groups excluding carboxylic acids is 1. The maximum absolute atomic E-state index is 12.8. The topological polar surface area (TPSA) is 110 Å². The monoisotopic (exact) mass is 366 g/mol. The number of aromatic amines is 1. The van der Waals surface area contributed by atoms with Gasteiger partial charge in [0.15, 0.2) is 5.69 Å². The third-order valence-corrected chi connectivity index (χ3v) is 4.25. The molecule has 9 heteroatoms. The number of hydrogen-bond acceptors (Lipinski definition) is 6. The van der Waals surface area contributed by atoms with Crippen molar-refractivity contribution in [2.24, 2.45) is 5.92 Å². The van der Waals surface area contributed by atoms with E-state index in [1.54, 1.807) is 16.8 Å². The quantitative estimate of drug-likeness (QED) is 0.763. The first-order chi connectivity index (χ1) is 11.9. The van der Waals surface area contributed by atoms with E-state index in [2.05, 4.69) is 4.98 Å². The van der Waals surface area contributed by atoms with E-state index >= 15 is 0 Å². The molecule has 0 radical (unpaired) electrons. The molecule has 2 aromatic heterocycles. The van der Waals surface area contributed by atoms with Crippen LogP contribution >= 0.6 is 11.3 Å². The Labute approximate surface area is 148 Å². The van der Waals surface area contributed by atoms with Gasteiger partial charge in [-0.15, -0.1) is 0 Å². The van der Waals surface area contributed by atoms with Crippen molar-refractivity contribution >= 4 is 28.7 Å². The maximum Gasteiger partial charge on any atom is 0.330 e. The second-order valence-corrected chi connectivity index (χ2v) is 6.74. The summed E-state index contributed by atoms with van der Waals surface area (Å²) in [5.41, 5.74) is 5.24. The molecule has 0 spiro atoms. The maximum atomic E-state index is 12.8. The number of H-pyrrole nitrogens is 1. The van der Waals surface area contributed by atoms with E-state index in [0.717, 1.165) is 0 Å². The van der Waals surface area contributed by atoms with Crippen LogP contribution in [-0.4, -0.2) is 35.7 Å². The molecule has 2 rings (SSSR count). The molecule has 3 N–H and O–H groups in total. The number of nitrogens with one attached hydrogen (secondary N) is 1. The predicted molar refractivity (Wildman–Crippen MR) is 98.4 cm³/mol. The first kappa shape index (κ1) is 18.9. The number of nitrogen functional groups attached to an aromatic ring is 1. The van der Waals surface area contributed by atoms with E-state index in [9.17, 15) is 14.4 Å². The number of methoxy groups -OCH3 is 1. The highest BCUT2D eigenvalue weighted by Gasteiger charge is 2.25. The third kappa shape index (κ3) is 4.18. The molecule has 0 unspecified atom stereocenters. The largest absolute Gasteiger partial charge is 0.383 e. The lowest BCUT2D eigenvalue weighted by molar-refractivity contribution is 0.0976. The lowest BCUT2D eigenvalue weighted by atomic mass is 10.2. The van der Waals surface area contributed by atoms with Gasteiger partial charge in [-0.1, -0.05) is 13.8 Å². The molecular formula is C16H22N4O4S. The molecule has 1 amide bonds. The van der Waals surface area contributed by atoms with Gasteiger partial charge in [0.1, 0.15) is 5.82 Å². The normalized spacial score (nSPS) is 11.0. The SMILES string of the molecule is COCCN(C(=O)c1ccsc1)c1c(N)n(CC(C)C)c(=O)[nH]c1=O. The molecule has 0 saturated heterocycles. The Morgan fingerprint density at radius 3 is 2.72 bits per heavy atom. The van der Waals surface area contributed by atoms with E-state index in [1.807, 2.05) is 13.8 Å². The number of nitrogens with zero attached hydrogens (tertiary/aromatic N) is 2. The molecule has 0 bridgehead atoms. The van der Waals surface area contributed by atoms with Crippen molar-refractivity contribution in [1.82, 2.24) is 9.55 Å². The van der Waals surface area contributed by atoms with Gasteiger partial charge < -0.3 is 10.5 Å². The van der Waals surface area contributed by atoms with Gasteiger partial charge in [0.25, 0.3) is 11.5 Å². The third-order valence-electron chi connectivity index (χ3n) is 3.56. The molecule has 0 aliphatic carbocycles. The van der Waals surface area contributed by atoms with Crippen molar-refractivity contribution in [2.45, 2.75) is 20.4 Å². The number of rotatable bonds is 7. The molecule has 2 heterocycles. The minimum absolute atomic E-state index is 0.0258. The number of carbonyl (C=O) groups is 1. The molecule has 0 aromatic carbocycles. The van der Waals surface area contributed by atoms with Gasteiger partial charge in [-0.25, -0.2) is 4.79 Å². The molecule has 136 valence electrons. The van der Waals surface area contributed by atoms with Crippen molar-refractivity contribution in [3.8, 4) is 0 Å². The second kappa shape index (κ2) is 8.13. The van der Waals surface area contributed by atoms with E-state index in [1.165, 1.54) is 27.9 Å². The number of anilines is 2. The molecule has 0 atom stereocenters. The van der Waals surface area contributed by atoms with Crippen molar-refractivity contribution < 1.29 is 9.53 Å². The van der Waals surface area contributed by atoms with Crippen molar-refractivity contribution in [3.63, 3.8) is 0 Å². The van der Waals surface area contributed by atoms with Crippen LogP contribution in [0.15, 0.2) is 26.4 Å². The number of thiophene rings is 1. The summed E-state index contributed by atoms with van der Waals surface area (Å²) < 4.78 is 6.33. The number of aromatic nitrogens is 2. The Balaban J connectivity index is 2.58. The standard InChI is InChI=1S/C16H22N4O4S/c1-10(2)8-20-13(17)12(14(21)18-16(20)23)19(5-6-24-3)15(22)11-4-7-25-9-11/h4,7,9-10H,5-6,8,17H2,1-3H3,(H,18,21,23).